The number of hydrogen-bond acceptors (Lipinski definition) is 3. The van der Waals surface area contributed by atoms with Gasteiger partial charge in [-0.2, -0.15) is 5.26 Å². The van der Waals surface area contributed by atoms with E-state index in [1.807, 2.05) is 44.2 Å². The fourth-order valence-corrected chi connectivity index (χ4v) is 1.69. The molecule has 0 fully saturated rings. The van der Waals surface area contributed by atoms with Crippen LogP contribution in [0.1, 0.15) is 25.1 Å². The van der Waals surface area contributed by atoms with E-state index in [1.54, 1.807) is 18.3 Å². The molecule has 0 saturated heterocycles. The molecule has 1 aromatic carbocycles. The maximum absolute atomic E-state index is 9.04. The minimum atomic E-state index is -0.575. The molecule has 0 spiro atoms. The predicted molar refractivity (Wildman–Crippen MR) is 69.0 cm³/mol. The summed E-state index contributed by atoms with van der Waals surface area (Å²) in [5.74, 6) is 0.579. The second kappa shape index (κ2) is 4.89. The zero-order chi connectivity index (χ0) is 13.0. The van der Waals surface area contributed by atoms with E-state index in [9.17, 15) is 0 Å². The van der Waals surface area contributed by atoms with Crippen LogP contribution < -0.4 is 4.74 Å². The zero-order valence-electron chi connectivity index (χ0n) is 10.4. The number of nitrogens with zero attached hydrogens (tertiary/aromatic N) is 2. The Morgan fingerprint density at radius 2 is 1.83 bits per heavy atom. The molecule has 0 bridgehead atoms. The van der Waals surface area contributed by atoms with Gasteiger partial charge in [0.2, 0.25) is 0 Å². The number of aromatic nitrogens is 1. The third kappa shape index (κ3) is 2.49. The number of rotatable bonds is 3. The van der Waals surface area contributed by atoms with Crippen molar-refractivity contribution >= 4 is 0 Å². The molecule has 0 amide bonds. The minimum Gasteiger partial charge on any atom is -0.480 e. The summed E-state index contributed by atoms with van der Waals surface area (Å²) in [6.45, 7) is 3.87. The molecule has 1 aromatic heterocycles. The van der Waals surface area contributed by atoms with Crippen molar-refractivity contribution in [3.8, 4) is 11.8 Å². The maximum atomic E-state index is 9.04. The molecule has 0 saturated carbocycles. The van der Waals surface area contributed by atoms with Crippen molar-refractivity contribution in [3.05, 3.63) is 59.9 Å². The van der Waals surface area contributed by atoms with E-state index in [-0.39, 0.29) is 0 Å². The van der Waals surface area contributed by atoms with E-state index in [0.717, 1.165) is 5.69 Å². The lowest BCUT2D eigenvalue weighted by molar-refractivity contribution is 0.103. The summed E-state index contributed by atoms with van der Waals surface area (Å²) in [5.41, 5.74) is 0.785. The Morgan fingerprint density at radius 3 is 2.50 bits per heavy atom. The van der Waals surface area contributed by atoms with Gasteiger partial charge in [-0.05, 0) is 38.1 Å². The highest BCUT2D eigenvalue weighted by Crippen LogP contribution is 2.28. The Morgan fingerprint density at radius 1 is 1.11 bits per heavy atom. The molecule has 3 nitrogen and oxygen atoms in total. The molecular formula is C15H14N2O. The number of hydrogen-bond donors (Lipinski definition) is 0. The van der Waals surface area contributed by atoms with Gasteiger partial charge in [0.1, 0.15) is 17.4 Å². The van der Waals surface area contributed by atoms with Crippen LogP contribution in [0.15, 0.2) is 48.7 Å². The largest absolute Gasteiger partial charge is 0.480 e. The van der Waals surface area contributed by atoms with Crippen molar-refractivity contribution in [2.24, 2.45) is 0 Å². The predicted octanol–water partition coefficient (Wildman–Crippen LogP) is 3.27. The minimum absolute atomic E-state index is 0.529. The Kier molecular flexibility index (Phi) is 3.29. The van der Waals surface area contributed by atoms with Gasteiger partial charge in [-0.1, -0.05) is 18.2 Å². The number of nitriles is 1. The van der Waals surface area contributed by atoms with Crippen molar-refractivity contribution in [2.75, 3.05) is 0 Å². The van der Waals surface area contributed by atoms with Gasteiger partial charge in [0.05, 0.1) is 11.3 Å². The average Bonchev–Trinajstić information content (AvgIpc) is 2.40. The smallest absolute Gasteiger partial charge is 0.145 e. The Bertz CT molecular complexity index is 571. The average molecular weight is 238 g/mol. The van der Waals surface area contributed by atoms with Crippen LogP contribution in [0.3, 0.4) is 0 Å². The molecule has 90 valence electrons. The molecule has 0 unspecified atom stereocenters. The van der Waals surface area contributed by atoms with E-state index in [2.05, 4.69) is 11.1 Å². The molecule has 1 heterocycles. The van der Waals surface area contributed by atoms with Crippen molar-refractivity contribution in [1.29, 1.82) is 5.26 Å². The standard InChI is InChI=1S/C15H14N2O/c1-15(2,14-9-5-6-10-17-14)18-13-8-4-3-7-12(13)11-16/h3-10H,1-2H3. The fraction of sp³-hybridized carbons (Fsp3) is 0.200. The first-order chi connectivity index (χ1) is 8.63. The fourth-order valence-electron chi connectivity index (χ4n) is 1.69. The van der Waals surface area contributed by atoms with Gasteiger partial charge in [0.25, 0.3) is 0 Å². The second-order valence-corrected chi connectivity index (χ2v) is 4.44. The highest BCUT2D eigenvalue weighted by Gasteiger charge is 2.24. The van der Waals surface area contributed by atoms with E-state index in [4.69, 9.17) is 10.00 Å². The molecule has 0 radical (unpaired) electrons. The third-order valence-corrected chi connectivity index (χ3v) is 2.65. The lowest BCUT2D eigenvalue weighted by Crippen LogP contribution is -2.26. The van der Waals surface area contributed by atoms with Gasteiger partial charge in [-0.25, -0.2) is 0 Å². The van der Waals surface area contributed by atoms with Gasteiger partial charge in [0.15, 0.2) is 0 Å². The molecule has 0 aliphatic rings. The Labute approximate surface area is 107 Å². The number of ether oxygens (including phenoxy) is 1. The van der Waals surface area contributed by atoms with Gasteiger partial charge in [-0.15, -0.1) is 0 Å². The molecule has 0 aliphatic carbocycles. The van der Waals surface area contributed by atoms with E-state index in [1.165, 1.54) is 0 Å². The SMILES string of the molecule is CC(C)(Oc1ccccc1C#N)c1ccccn1. The van der Waals surface area contributed by atoms with Crippen LogP contribution in [0, 0.1) is 11.3 Å². The summed E-state index contributed by atoms with van der Waals surface area (Å²) in [6.07, 6.45) is 1.73. The Balaban J connectivity index is 2.31. The summed E-state index contributed by atoms with van der Waals surface area (Å²) >= 11 is 0. The number of para-hydroxylation sites is 1. The summed E-state index contributed by atoms with van der Waals surface area (Å²) in [6, 6.07) is 15.0. The Hall–Kier alpha value is -2.34. The lowest BCUT2D eigenvalue weighted by atomic mass is 10.0. The summed E-state index contributed by atoms with van der Waals surface area (Å²) in [5, 5.41) is 9.04. The molecule has 0 atom stereocenters. The number of pyridine rings is 1. The first-order valence-corrected chi connectivity index (χ1v) is 5.73. The van der Waals surface area contributed by atoms with Crippen molar-refractivity contribution < 1.29 is 4.74 Å². The van der Waals surface area contributed by atoms with Crippen LogP contribution in [0.2, 0.25) is 0 Å². The normalized spacial score (nSPS) is 10.7. The van der Waals surface area contributed by atoms with Gasteiger partial charge in [0, 0.05) is 6.20 Å². The molecule has 3 heteroatoms. The number of benzene rings is 1. The van der Waals surface area contributed by atoms with Crippen LogP contribution in [0.25, 0.3) is 0 Å². The van der Waals surface area contributed by atoms with Crippen molar-refractivity contribution in [2.45, 2.75) is 19.4 Å². The second-order valence-electron chi connectivity index (χ2n) is 4.44. The third-order valence-electron chi connectivity index (χ3n) is 2.65. The molecule has 0 aliphatic heterocycles. The van der Waals surface area contributed by atoms with Crippen LogP contribution in [0.4, 0.5) is 0 Å². The molecule has 2 aromatic rings. The first-order valence-electron chi connectivity index (χ1n) is 5.73. The topological polar surface area (TPSA) is 45.9 Å². The van der Waals surface area contributed by atoms with Crippen LogP contribution >= 0.6 is 0 Å². The molecular weight excluding hydrogens is 224 g/mol. The first kappa shape index (κ1) is 12.1. The van der Waals surface area contributed by atoms with Gasteiger partial charge in [-0.3, -0.25) is 4.98 Å². The quantitative estimate of drug-likeness (QED) is 0.824. The highest BCUT2D eigenvalue weighted by molar-refractivity contribution is 5.43. The van der Waals surface area contributed by atoms with Gasteiger partial charge >= 0.3 is 0 Å². The lowest BCUT2D eigenvalue weighted by Gasteiger charge is -2.26. The van der Waals surface area contributed by atoms with Crippen molar-refractivity contribution in [1.82, 2.24) is 4.98 Å². The summed E-state index contributed by atoms with van der Waals surface area (Å²) in [4.78, 5) is 4.29. The molecule has 18 heavy (non-hydrogen) atoms. The van der Waals surface area contributed by atoms with E-state index < -0.39 is 5.60 Å². The van der Waals surface area contributed by atoms with Crippen LogP contribution in [-0.2, 0) is 5.60 Å². The summed E-state index contributed by atoms with van der Waals surface area (Å²) in [7, 11) is 0. The zero-order valence-corrected chi connectivity index (χ0v) is 10.4. The van der Waals surface area contributed by atoms with Crippen LogP contribution in [-0.4, -0.2) is 4.98 Å². The monoisotopic (exact) mass is 238 g/mol. The van der Waals surface area contributed by atoms with Crippen LogP contribution in [0.5, 0.6) is 5.75 Å². The molecule has 2 rings (SSSR count). The maximum Gasteiger partial charge on any atom is 0.145 e. The molecule has 0 N–H and O–H groups in total. The highest BCUT2D eigenvalue weighted by atomic mass is 16.5. The van der Waals surface area contributed by atoms with Gasteiger partial charge < -0.3 is 4.74 Å². The summed E-state index contributed by atoms with van der Waals surface area (Å²) < 4.78 is 5.92. The van der Waals surface area contributed by atoms with E-state index in [0.29, 0.717) is 11.3 Å². The van der Waals surface area contributed by atoms with Crippen molar-refractivity contribution in [3.63, 3.8) is 0 Å². The van der Waals surface area contributed by atoms with E-state index >= 15 is 0 Å².